The highest BCUT2D eigenvalue weighted by molar-refractivity contribution is 5.96. The fourth-order valence-corrected chi connectivity index (χ4v) is 2.49. The van der Waals surface area contributed by atoms with Gasteiger partial charge in [-0.2, -0.15) is 0 Å². The van der Waals surface area contributed by atoms with Crippen molar-refractivity contribution in [1.82, 2.24) is 25.9 Å². The van der Waals surface area contributed by atoms with Gasteiger partial charge in [0.05, 0.1) is 25.2 Å². The Hall–Kier alpha value is -4.01. The van der Waals surface area contributed by atoms with Crippen LogP contribution in [0.2, 0.25) is 0 Å². The molecule has 0 bridgehead atoms. The average molecular weight is 454 g/mol. The molecule has 1 aromatic heterocycles. The summed E-state index contributed by atoms with van der Waals surface area (Å²) in [6.07, 6.45) is 1.49. The van der Waals surface area contributed by atoms with Gasteiger partial charge in [0.1, 0.15) is 18.1 Å². The van der Waals surface area contributed by atoms with Crippen LogP contribution < -0.4 is 33.2 Å². The van der Waals surface area contributed by atoms with E-state index in [2.05, 4.69) is 25.9 Å². The molecule has 0 aromatic carbocycles. The number of hydrogen-bond donors (Lipinski definition) is 8. The fourth-order valence-electron chi connectivity index (χ4n) is 2.49. The van der Waals surface area contributed by atoms with Gasteiger partial charge in [-0.25, -0.2) is 9.78 Å². The van der Waals surface area contributed by atoms with Gasteiger partial charge in [-0.3, -0.25) is 24.0 Å². The van der Waals surface area contributed by atoms with Crippen molar-refractivity contribution in [3.63, 3.8) is 0 Å². The van der Waals surface area contributed by atoms with Gasteiger partial charge < -0.3 is 43.2 Å². The lowest BCUT2D eigenvalue weighted by Crippen LogP contribution is -2.57. The molecule has 0 aliphatic carbocycles. The van der Waals surface area contributed by atoms with E-state index in [1.54, 1.807) is 0 Å². The number of aromatic nitrogens is 2. The molecular weight excluding hydrogens is 428 g/mol. The number of nitrogens with one attached hydrogen (secondary N) is 4. The predicted octanol–water partition coefficient (Wildman–Crippen LogP) is -4.41. The van der Waals surface area contributed by atoms with E-state index in [1.165, 1.54) is 19.4 Å². The quantitative estimate of drug-likeness (QED) is 0.143. The number of nitrogens with two attached hydrogens (primary N) is 3. The number of amides is 5. The topological polar surface area (TPSA) is 265 Å². The normalized spacial score (nSPS) is 14.3. The lowest BCUT2D eigenvalue weighted by molar-refractivity contribution is -0.142. The summed E-state index contributed by atoms with van der Waals surface area (Å²) in [7, 11) is 0. The second kappa shape index (κ2) is 12.0. The van der Waals surface area contributed by atoms with Crippen molar-refractivity contribution in [3.8, 4) is 0 Å². The van der Waals surface area contributed by atoms with Gasteiger partial charge in [-0.05, 0) is 6.92 Å². The van der Waals surface area contributed by atoms with Crippen LogP contribution in [0.4, 0.5) is 0 Å². The number of rotatable bonds is 13. The average Bonchev–Trinajstić information content (AvgIpc) is 3.18. The molecular formula is C17H26N8O7. The summed E-state index contributed by atoms with van der Waals surface area (Å²) in [6, 6.07) is -5.41. The molecule has 1 aromatic rings. The van der Waals surface area contributed by atoms with E-state index in [9.17, 15) is 33.9 Å². The molecule has 0 radical (unpaired) electrons. The number of carbonyl (C=O) groups is 6. The van der Waals surface area contributed by atoms with Gasteiger partial charge in [0.2, 0.25) is 29.5 Å². The number of imidazole rings is 1. The van der Waals surface area contributed by atoms with Crippen LogP contribution in [0, 0.1) is 0 Å². The number of H-pyrrole nitrogens is 1. The van der Waals surface area contributed by atoms with Crippen LogP contribution in [0.1, 0.15) is 25.5 Å². The minimum atomic E-state index is -1.51. The predicted molar refractivity (Wildman–Crippen MR) is 107 cm³/mol. The Balaban J connectivity index is 2.81. The number of primary amides is 2. The van der Waals surface area contributed by atoms with E-state index in [0.717, 1.165) is 0 Å². The number of carboxylic acids is 1. The molecule has 5 amide bonds. The maximum absolute atomic E-state index is 12.6. The van der Waals surface area contributed by atoms with Crippen molar-refractivity contribution < 1.29 is 33.9 Å². The molecule has 4 unspecified atom stereocenters. The number of nitrogens with zero attached hydrogens (tertiary/aromatic N) is 1. The molecule has 4 atom stereocenters. The fraction of sp³-hybridized carbons (Fsp3) is 0.471. The Morgan fingerprint density at radius 1 is 0.969 bits per heavy atom. The third kappa shape index (κ3) is 8.78. The van der Waals surface area contributed by atoms with Crippen molar-refractivity contribution in [3.05, 3.63) is 18.2 Å². The van der Waals surface area contributed by atoms with E-state index >= 15 is 0 Å². The van der Waals surface area contributed by atoms with Crippen molar-refractivity contribution in [2.45, 2.75) is 50.4 Å². The largest absolute Gasteiger partial charge is 0.480 e. The van der Waals surface area contributed by atoms with E-state index in [-0.39, 0.29) is 6.42 Å². The molecule has 32 heavy (non-hydrogen) atoms. The van der Waals surface area contributed by atoms with Crippen LogP contribution in [0.5, 0.6) is 0 Å². The van der Waals surface area contributed by atoms with E-state index in [0.29, 0.717) is 5.69 Å². The third-order valence-electron chi connectivity index (χ3n) is 4.14. The number of aliphatic carboxylic acids is 1. The summed E-state index contributed by atoms with van der Waals surface area (Å²) in [6.45, 7) is 1.27. The first-order chi connectivity index (χ1) is 14.9. The highest BCUT2D eigenvalue weighted by atomic mass is 16.4. The van der Waals surface area contributed by atoms with Crippen LogP contribution in [0.25, 0.3) is 0 Å². The lowest BCUT2D eigenvalue weighted by atomic mass is 10.1. The Kier molecular flexibility index (Phi) is 9.75. The molecule has 0 fully saturated rings. The van der Waals surface area contributed by atoms with Crippen molar-refractivity contribution in [2.24, 2.45) is 17.2 Å². The molecule has 176 valence electrons. The molecule has 15 heteroatoms. The summed E-state index contributed by atoms with van der Waals surface area (Å²) in [4.78, 5) is 76.9. The first-order valence-electron chi connectivity index (χ1n) is 9.34. The first kappa shape index (κ1) is 26.0. The Labute approximate surface area is 181 Å². The lowest BCUT2D eigenvalue weighted by Gasteiger charge is -2.23. The van der Waals surface area contributed by atoms with Crippen LogP contribution >= 0.6 is 0 Å². The van der Waals surface area contributed by atoms with Crippen LogP contribution in [-0.2, 0) is 35.2 Å². The molecule has 1 rings (SSSR count). The molecule has 0 saturated carbocycles. The summed E-state index contributed by atoms with van der Waals surface area (Å²) in [5.41, 5.74) is 16.0. The standard InChI is InChI=1S/C17H26N8O7/c1-7(23-15(29)9(18)3-12(19)26)14(28)24-10(4-13(20)27)16(30)25-11(17(31)32)2-8-5-21-6-22-8/h5-7,9-11H,2-4,18H2,1H3,(H2,19,26)(H2,20,27)(H,21,22)(H,23,29)(H,24,28)(H,25,30)(H,31,32). The highest BCUT2D eigenvalue weighted by Gasteiger charge is 2.30. The summed E-state index contributed by atoms with van der Waals surface area (Å²) >= 11 is 0. The number of aromatic amines is 1. The Morgan fingerprint density at radius 3 is 2.06 bits per heavy atom. The monoisotopic (exact) mass is 454 g/mol. The van der Waals surface area contributed by atoms with E-state index < -0.39 is 72.5 Å². The van der Waals surface area contributed by atoms with Crippen LogP contribution in [-0.4, -0.2) is 74.7 Å². The van der Waals surface area contributed by atoms with Crippen LogP contribution in [0.15, 0.2) is 12.5 Å². The van der Waals surface area contributed by atoms with Crippen molar-refractivity contribution in [1.29, 1.82) is 0 Å². The number of carboxylic acid groups (broad SMARTS) is 1. The number of hydrogen-bond acceptors (Lipinski definition) is 8. The molecule has 0 aliphatic rings. The Morgan fingerprint density at radius 2 is 1.56 bits per heavy atom. The second-order valence-corrected chi connectivity index (χ2v) is 6.92. The van der Waals surface area contributed by atoms with E-state index in [1.807, 2.05) is 0 Å². The molecule has 11 N–H and O–H groups in total. The summed E-state index contributed by atoms with van der Waals surface area (Å²) in [5, 5.41) is 16.0. The van der Waals surface area contributed by atoms with Crippen LogP contribution in [0.3, 0.4) is 0 Å². The summed E-state index contributed by atoms with van der Waals surface area (Å²) in [5.74, 6) is -5.81. The maximum Gasteiger partial charge on any atom is 0.326 e. The molecule has 0 aliphatic heterocycles. The summed E-state index contributed by atoms with van der Waals surface area (Å²) < 4.78 is 0. The minimum Gasteiger partial charge on any atom is -0.480 e. The molecule has 0 saturated heterocycles. The molecule has 0 spiro atoms. The Bertz CT molecular complexity index is 857. The third-order valence-corrected chi connectivity index (χ3v) is 4.14. The van der Waals surface area contributed by atoms with Gasteiger partial charge in [-0.1, -0.05) is 0 Å². The zero-order valence-electron chi connectivity index (χ0n) is 17.2. The number of carbonyl (C=O) groups excluding carboxylic acids is 5. The second-order valence-electron chi connectivity index (χ2n) is 6.92. The SMILES string of the molecule is CC(NC(=O)C(N)CC(N)=O)C(=O)NC(CC(N)=O)C(=O)NC(Cc1cnc[nH]1)C(=O)O. The molecule has 15 nitrogen and oxygen atoms in total. The van der Waals surface area contributed by atoms with E-state index in [4.69, 9.17) is 17.2 Å². The van der Waals surface area contributed by atoms with Gasteiger partial charge in [0.25, 0.3) is 0 Å². The maximum atomic E-state index is 12.6. The van der Waals surface area contributed by atoms with Gasteiger partial charge >= 0.3 is 5.97 Å². The first-order valence-corrected chi connectivity index (χ1v) is 9.34. The molecule has 1 heterocycles. The van der Waals surface area contributed by atoms with Gasteiger partial charge in [0.15, 0.2) is 0 Å². The minimum absolute atomic E-state index is 0.136. The smallest absolute Gasteiger partial charge is 0.326 e. The highest BCUT2D eigenvalue weighted by Crippen LogP contribution is 2.02. The van der Waals surface area contributed by atoms with Crippen molar-refractivity contribution in [2.75, 3.05) is 0 Å². The van der Waals surface area contributed by atoms with Gasteiger partial charge in [-0.15, -0.1) is 0 Å². The van der Waals surface area contributed by atoms with Crippen molar-refractivity contribution >= 4 is 35.5 Å². The zero-order valence-corrected chi connectivity index (χ0v) is 17.2. The van der Waals surface area contributed by atoms with Gasteiger partial charge in [0, 0.05) is 18.3 Å². The zero-order chi connectivity index (χ0) is 24.4.